The highest BCUT2D eigenvalue weighted by Crippen LogP contribution is 2.32. The minimum absolute atomic E-state index is 0.103. The van der Waals surface area contributed by atoms with E-state index in [-0.39, 0.29) is 17.9 Å². The average Bonchev–Trinajstić information content (AvgIpc) is 3.47. The molecule has 0 aliphatic heterocycles. The Labute approximate surface area is 170 Å². The van der Waals surface area contributed by atoms with Crippen molar-refractivity contribution in [1.82, 2.24) is 20.3 Å². The van der Waals surface area contributed by atoms with Crippen LogP contribution in [0.5, 0.6) is 0 Å². The van der Waals surface area contributed by atoms with E-state index in [0.717, 1.165) is 38.5 Å². The van der Waals surface area contributed by atoms with Gasteiger partial charge in [-0.05, 0) is 38.5 Å². The molecule has 0 aromatic heterocycles. The first-order valence-electron chi connectivity index (χ1n) is 9.09. The Morgan fingerprint density at radius 1 is 1.04 bits per heavy atom. The maximum absolute atomic E-state index is 12.8. The van der Waals surface area contributed by atoms with E-state index in [4.69, 9.17) is 24.4 Å². The largest absolute Gasteiger partial charge is 0.292 e. The van der Waals surface area contributed by atoms with Crippen LogP contribution < -0.4 is 10.3 Å². The van der Waals surface area contributed by atoms with Crippen molar-refractivity contribution in [1.29, 1.82) is 0 Å². The van der Waals surface area contributed by atoms with Crippen LogP contribution in [-0.2, 0) is 14.8 Å². The predicted octanol–water partition coefficient (Wildman–Crippen LogP) is 0.792. The molecule has 0 saturated heterocycles. The Morgan fingerprint density at radius 2 is 1.56 bits per heavy atom. The standard InChI is InChI=1S/C16H25N5O3S3/c1-20(15(25)10-3-4-10)18-14(22)13(9-17-12-7-8-12)27(23,24)19-21(2)16(26)11-5-6-11/h9-13,19H,3-8H2,1-2H3,(H,18,22). The number of carbonyl (C=O) groups excluding carboxylic acids is 1. The smallest absolute Gasteiger partial charge is 0.263 e. The fourth-order valence-electron chi connectivity index (χ4n) is 2.50. The second-order valence-corrected chi connectivity index (χ2v) is 10.0. The minimum atomic E-state index is -4.06. The molecule has 150 valence electrons. The summed E-state index contributed by atoms with van der Waals surface area (Å²) in [4.78, 5) is 20.5. The number of nitrogens with one attached hydrogen (secondary N) is 2. The Kier molecular flexibility index (Phi) is 6.14. The third-order valence-electron chi connectivity index (χ3n) is 4.63. The van der Waals surface area contributed by atoms with Crippen LogP contribution >= 0.6 is 24.4 Å². The second kappa shape index (κ2) is 8.06. The van der Waals surface area contributed by atoms with Gasteiger partial charge in [-0.25, -0.2) is 8.42 Å². The van der Waals surface area contributed by atoms with Crippen LogP contribution in [0.3, 0.4) is 0 Å². The van der Waals surface area contributed by atoms with Crippen LogP contribution in [0.15, 0.2) is 4.99 Å². The summed E-state index contributed by atoms with van der Waals surface area (Å²) < 4.78 is 25.7. The highest BCUT2D eigenvalue weighted by Gasteiger charge is 2.37. The lowest BCUT2D eigenvalue weighted by atomic mass is 10.4. The molecule has 3 aliphatic carbocycles. The van der Waals surface area contributed by atoms with E-state index >= 15 is 0 Å². The van der Waals surface area contributed by atoms with E-state index in [1.165, 1.54) is 16.2 Å². The molecule has 11 heteroatoms. The Morgan fingerprint density at radius 3 is 2.04 bits per heavy atom. The van der Waals surface area contributed by atoms with Gasteiger partial charge in [0.15, 0.2) is 5.25 Å². The fourth-order valence-corrected chi connectivity index (χ4v) is 4.28. The van der Waals surface area contributed by atoms with Crippen LogP contribution in [0.1, 0.15) is 38.5 Å². The normalized spacial score (nSPS) is 21.0. The molecule has 8 nitrogen and oxygen atoms in total. The molecule has 0 bridgehead atoms. The highest BCUT2D eigenvalue weighted by molar-refractivity contribution is 7.91. The van der Waals surface area contributed by atoms with Gasteiger partial charge in [-0.2, -0.15) is 0 Å². The molecule has 2 N–H and O–H groups in total. The lowest BCUT2D eigenvalue weighted by Gasteiger charge is -2.25. The Hall–Kier alpha value is -1.17. The van der Waals surface area contributed by atoms with E-state index in [9.17, 15) is 13.2 Å². The number of thiocarbonyl (C=S) groups is 2. The Bertz CT molecular complexity index is 757. The number of carbonyl (C=O) groups is 1. The number of nitrogens with zero attached hydrogens (tertiary/aromatic N) is 3. The molecule has 1 atom stereocenters. The number of hydrogen-bond donors (Lipinski definition) is 2. The maximum Gasteiger partial charge on any atom is 0.263 e. The van der Waals surface area contributed by atoms with Crippen LogP contribution in [0, 0.1) is 11.8 Å². The monoisotopic (exact) mass is 431 g/mol. The van der Waals surface area contributed by atoms with Crippen molar-refractivity contribution in [2.24, 2.45) is 16.8 Å². The van der Waals surface area contributed by atoms with Crippen molar-refractivity contribution < 1.29 is 13.2 Å². The number of aliphatic imine (C=N–C) groups is 1. The SMILES string of the molecule is CN(NC(=O)C(C=NC1CC1)S(=O)(=O)NN(C)C(=S)C1CC1)C(=S)C1CC1. The van der Waals surface area contributed by atoms with Gasteiger partial charge in [-0.15, -0.1) is 4.83 Å². The van der Waals surface area contributed by atoms with Crippen LogP contribution in [0.25, 0.3) is 0 Å². The minimum Gasteiger partial charge on any atom is -0.292 e. The van der Waals surface area contributed by atoms with Crippen LogP contribution in [0.2, 0.25) is 0 Å². The lowest BCUT2D eigenvalue weighted by Crippen LogP contribution is -2.55. The summed E-state index contributed by atoms with van der Waals surface area (Å²) in [5, 5.41) is 1.28. The van der Waals surface area contributed by atoms with Crippen LogP contribution in [-0.4, -0.2) is 65.9 Å². The maximum atomic E-state index is 12.8. The summed E-state index contributed by atoms with van der Waals surface area (Å²) in [6, 6.07) is 0.103. The van der Waals surface area contributed by atoms with Crippen molar-refractivity contribution in [3.05, 3.63) is 0 Å². The first-order chi connectivity index (χ1) is 12.7. The summed E-state index contributed by atoms with van der Waals surface area (Å²) in [5.74, 6) is -0.189. The molecule has 1 unspecified atom stereocenters. The third-order valence-corrected chi connectivity index (χ3v) is 7.38. The number of sulfonamides is 1. The molecule has 3 fully saturated rings. The summed E-state index contributed by atoms with van der Waals surface area (Å²) in [6.45, 7) is 0. The number of rotatable bonds is 8. The quantitative estimate of drug-likeness (QED) is 0.333. The number of amides is 1. The summed E-state index contributed by atoms with van der Waals surface area (Å²) in [6.07, 6.45) is 6.95. The second-order valence-electron chi connectivity index (χ2n) is 7.41. The van der Waals surface area contributed by atoms with Gasteiger partial charge in [0.2, 0.25) is 10.0 Å². The van der Waals surface area contributed by atoms with Gasteiger partial charge in [0.05, 0.1) is 9.98 Å². The molecule has 0 aromatic rings. The van der Waals surface area contributed by atoms with E-state index < -0.39 is 21.2 Å². The molecule has 1 amide bonds. The lowest BCUT2D eigenvalue weighted by molar-refractivity contribution is -0.122. The summed E-state index contributed by atoms with van der Waals surface area (Å²) >= 11 is 10.6. The van der Waals surface area contributed by atoms with Gasteiger partial charge in [0.25, 0.3) is 5.91 Å². The Balaban J connectivity index is 1.69. The van der Waals surface area contributed by atoms with Crippen molar-refractivity contribution in [3.8, 4) is 0 Å². The first-order valence-corrected chi connectivity index (χ1v) is 11.5. The summed E-state index contributed by atoms with van der Waals surface area (Å²) in [5.41, 5.74) is 2.58. The predicted molar refractivity (Wildman–Crippen MR) is 112 cm³/mol. The van der Waals surface area contributed by atoms with E-state index in [0.29, 0.717) is 9.98 Å². The molecule has 0 heterocycles. The molecule has 3 rings (SSSR count). The van der Waals surface area contributed by atoms with Crippen molar-refractivity contribution >= 4 is 56.6 Å². The van der Waals surface area contributed by atoms with Gasteiger partial charge in [-0.1, -0.05) is 24.4 Å². The van der Waals surface area contributed by atoms with Gasteiger partial charge in [0, 0.05) is 38.2 Å². The topological polar surface area (TPSA) is 94.1 Å². The van der Waals surface area contributed by atoms with Crippen molar-refractivity contribution in [2.45, 2.75) is 49.8 Å². The summed E-state index contributed by atoms with van der Waals surface area (Å²) in [7, 11) is -0.876. The molecule has 3 saturated carbocycles. The molecular formula is C16H25N5O3S3. The molecular weight excluding hydrogens is 406 g/mol. The number of hydrazine groups is 2. The zero-order valence-corrected chi connectivity index (χ0v) is 17.9. The van der Waals surface area contributed by atoms with Gasteiger partial charge >= 0.3 is 0 Å². The fraction of sp³-hybridized carbons (Fsp3) is 0.750. The van der Waals surface area contributed by atoms with Crippen molar-refractivity contribution in [2.75, 3.05) is 14.1 Å². The highest BCUT2D eigenvalue weighted by atomic mass is 32.2. The van der Waals surface area contributed by atoms with Gasteiger partial charge in [0.1, 0.15) is 0 Å². The molecule has 27 heavy (non-hydrogen) atoms. The third kappa shape index (κ3) is 5.66. The average molecular weight is 432 g/mol. The molecule has 3 aliphatic rings. The van der Waals surface area contributed by atoms with Crippen molar-refractivity contribution in [3.63, 3.8) is 0 Å². The van der Waals surface area contributed by atoms with E-state index in [2.05, 4.69) is 15.2 Å². The molecule has 0 aromatic carbocycles. The van der Waals surface area contributed by atoms with Gasteiger partial charge < -0.3 is 0 Å². The molecule has 0 radical (unpaired) electrons. The number of hydrogen-bond acceptors (Lipinski definition) is 6. The zero-order chi connectivity index (χ0) is 19.8. The zero-order valence-electron chi connectivity index (χ0n) is 15.4. The van der Waals surface area contributed by atoms with Crippen LogP contribution in [0.4, 0.5) is 0 Å². The van der Waals surface area contributed by atoms with Gasteiger partial charge in [-0.3, -0.25) is 25.2 Å². The van der Waals surface area contributed by atoms with E-state index in [1.807, 2.05) is 0 Å². The molecule has 0 spiro atoms. The first kappa shape index (κ1) is 20.6. The van der Waals surface area contributed by atoms with E-state index in [1.54, 1.807) is 14.1 Å².